The van der Waals surface area contributed by atoms with Crippen molar-refractivity contribution < 1.29 is 23.8 Å². The van der Waals surface area contributed by atoms with Crippen LogP contribution in [0.25, 0.3) is 0 Å². The molecule has 0 spiro atoms. The van der Waals surface area contributed by atoms with Crippen molar-refractivity contribution in [3.63, 3.8) is 0 Å². The van der Waals surface area contributed by atoms with Crippen LogP contribution >= 0.6 is 0 Å². The largest absolute Gasteiger partial charge is 0.497 e. The van der Waals surface area contributed by atoms with Crippen LogP contribution in [0.1, 0.15) is 43.0 Å². The number of urea groups is 1. The molecule has 8 nitrogen and oxygen atoms in total. The van der Waals surface area contributed by atoms with Crippen molar-refractivity contribution in [1.82, 2.24) is 15.5 Å². The maximum Gasteiger partial charge on any atom is 0.338 e. The Morgan fingerprint density at radius 2 is 1.91 bits per heavy atom. The third kappa shape index (κ3) is 4.87. The number of likely N-dealkylation sites (tertiary alicyclic amines) is 1. The molecule has 2 aliphatic heterocycles. The molecule has 2 aliphatic rings. The molecule has 0 aliphatic carbocycles. The average Bonchev–Trinajstić information content (AvgIpc) is 3.31. The summed E-state index contributed by atoms with van der Waals surface area (Å²) < 4.78 is 16.4. The van der Waals surface area contributed by atoms with Crippen LogP contribution < -0.4 is 20.1 Å². The molecule has 8 heteroatoms. The SMILES string of the molecule is CCOC(=O)C1=C(CN2CCCC2c2ccc(OC)cc2OC)NC(=O)NC1c1ccccc1. The highest BCUT2D eigenvalue weighted by Gasteiger charge is 2.36. The predicted molar refractivity (Wildman–Crippen MR) is 128 cm³/mol. The van der Waals surface area contributed by atoms with Gasteiger partial charge in [-0.15, -0.1) is 0 Å². The minimum Gasteiger partial charge on any atom is -0.497 e. The van der Waals surface area contributed by atoms with E-state index in [1.165, 1.54) is 0 Å². The van der Waals surface area contributed by atoms with Crippen molar-refractivity contribution in [3.05, 3.63) is 70.9 Å². The first-order chi connectivity index (χ1) is 16.5. The monoisotopic (exact) mass is 465 g/mol. The molecule has 2 N–H and O–H groups in total. The van der Waals surface area contributed by atoms with Gasteiger partial charge in [0.15, 0.2) is 0 Å². The maximum atomic E-state index is 13.1. The molecule has 2 atom stereocenters. The van der Waals surface area contributed by atoms with Crippen LogP contribution in [0.2, 0.25) is 0 Å². The first-order valence-corrected chi connectivity index (χ1v) is 11.5. The first kappa shape index (κ1) is 23.6. The van der Waals surface area contributed by atoms with Gasteiger partial charge in [0.25, 0.3) is 0 Å². The zero-order valence-electron chi connectivity index (χ0n) is 19.8. The summed E-state index contributed by atoms with van der Waals surface area (Å²) in [4.78, 5) is 28.0. The fourth-order valence-electron chi connectivity index (χ4n) is 4.75. The summed E-state index contributed by atoms with van der Waals surface area (Å²) in [5, 5.41) is 5.78. The van der Waals surface area contributed by atoms with Gasteiger partial charge in [-0.1, -0.05) is 36.4 Å². The van der Waals surface area contributed by atoms with Gasteiger partial charge >= 0.3 is 12.0 Å². The van der Waals surface area contributed by atoms with Crippen LogP contribution in [0.5, 0.6) is 11.5 Å². The Labute approximate surface area is 199 Å². The average molecular weight is 466 g/mol. The number of amides is 2. The van der Waals surface area contributed by atoms with Crippen LogP contribution in [0.15, 0.2) is 59.8 Å². The normalized spacial score (nSPS) is 20.5. The number of hydrogen-bond acceptors (Lipinski definition) is 6. The highest BCUT2D eigenvalue weighted by atomic mass is 16.5. The molecule has 0 bridgehead atoms. The summed E-state index contributed by atoms with van der Waals surface area (Å²) in [5.74, 6) is 1.05. The number of carbonyl (C=O) groups is 2. The zero-order chi connectivity index (χ0) is 24.1. The Hall–Kier alpha value is -3.52. The second-order valence-electron chi connectivity index (χ2n) is 8.29. The number of ether oxygens (including phenoxy) is 3. The minimum atomic E-state index is -0.583. The third-order valence-corrected chi connectivity index (χ3v) is 6.31. The van der Waals surface area contributed by atoms with Crippen LogP contribution in [0, 0.1) is 0 Å². The van der Waals surface area contributed by atoms with Crippen LogP contribution in [-0.2, 0) is 9.53 Å². The van der Waals surface area contributed by atoms with Gasteiger partial charge in [-0.25, -0.2) is 9.59 Å². The maximum absolute atomic E-state index is 13.1. The van der Waals surface area contributed by atoms with Crippen molar-refractivity contribution in [1.29, 1.82) is 0 Å². The minimum absolute atomic E-state index is 0.0822. The Balaban J connectivity index is 1.70. The topological polar surface area (TPSA) is 89.1 Å². The molecule has 2 aromatic rings. The van der Waals surface area contributed by atoms with Gasteiger partial charge in [-0.3, -0.25) is 4.90 Å². The van der Waals surface area contributed by atoms with Crippen molar-refractivity contribution >= 4 is 12.0 Å². The van der Waals surface area contributed by atoms with E-state index in [9.17, 15) is 9.59 Å². The Morgan fingerprint density at radius 3 is 2.62 bits per heavy atom. The van der Waals surface area contributed by atoms with E-state index in [2.05, 4.69) is 15.5 Å². The van der Waals surface area contributed by atoms with E-state index >= 15 is 0 Å². The molecule has 4 rings (SSSR count). The lowest BCUT2D eigenvalue weighted by Gasteiger charge is -2.33. The molecule has 1 saturated heterocycles. The van der Waals surface area contributed by atoms with Gasteiger partial charge in [0.2, 0.25) is 0 Å². The van der Waals surface area contributed by atoms with E-state index in [4.69, 9.17) is 14.2 Å². The molecule has 2 heterocycles. The number of benzene rings is 2. The van der Waals surface area contributed by atoms with Crippen molar-refractivity contribution in [2.24, 2.45) is 0 Å². The Bertz CT molecular complexity index is 1070. The Kier molecular flexibility index (Phi) is 7.37. The molecule has 0 radical (unpaired) electrons. The molecule has 1 fully saturated rings. The number of rotatable bonds is 8. The quantitative estimate of drug-likeness (QED) is 0.578. The highest BCUT2D eigenvalue weighted by molar-refractivity contribution is 5.95. The second kappa shape index (κ2) is 10.6. The number of nitrogens with zero attached hydrogens (tertiary/aromatic N) is 1. The Morgan fingerprint density at radius 1 is 1.12 bits per heavy atom. The standard InChI is InChI=1S/C26H31N3O5/c1-4-34-25(30)23-20(27-26(31)28-24(23)17-9-6-5-7-10-17)16-29-14-8-11-21(29)19-13-12-18(32-2)15-22(19)33-3/h5-7,9-10,12-13,15,21,24H,4,8,11,14,16H2,1-3H3,(H2,27,28,31). The summed E-state index contributed by atoms with van der Waals surface area (Å²) in [6.45, 7) is 3.26. The van der Waals surface area contributed by atoms with Gasteiger partial charge < -0.3 is 24.8 Å². The fraction of sp³-hybridized carbons (Fsp3) is 0.385. The predicted octanol–water partition coefficient (Wildman–Crippen LogP) is 3.71. The number of nitrogens with one attached hydrogen (secondary N) is 2. The molecule has 0 aromatic heterocycles. The molecule has 2 aromatic carbocycles. The summed E-state index contributed by atoms with van der Waals surface area (Å²) in [6.07, 6.45) is 1.94. The van der Waals surface area contributed by atoms with E-state index < -0.39 is 12.0 Å². The smallest absolute Gasteiger partial charge is 0.338 e. The number of esters is 1. The molecule has 0 saturated carbocycles. The van der Waals surface area contributed by atoms with E-state index in [1.807, 2.05) is 48.5 Å². The molecule has 180 valence electrons. The lowest BCUT2D eigenvalue weighted by molar-refractivity contribution is -0.139. The number of carbonyl (C=O) groups excluding carboxylic acids is 2. The van der Waals surface area contributed by atoms with E-state index in [0.29, 0.717) is 17.8 Å². The van der Waals surface area contributed by atoms with E-state index in [0.717, 1.165) is 42.0 Å². The van der Waals surface area contributed by atoms with Gasteiger partial charge in [0.1, 0.15) is 11.5 Å². The van der Waals surface area contributed by atoms with Gasteiger partial charge in [0.05, 0.1) is 32.4 Å². The van der Waals surface area contributed by atoms with Crippen LogP contribution in [0.3, 0.4) is 0 Å². The number of hydrogen-bond donors (Lipinski definition) is 2. The van der Waals surface area contributed by atoms with Gasteiger partial charge in [-0.05, 0) is 37.9 Å². The van der Waals surface area contributed by atoms with Gasteiger partial charge in [0, 0.05) is 29.9 Å². The number of methoxy groups -OCH3 is 2. The molecule has 2 unspecified atom stereocenters. The second-order valence-corrected chi connectivity index (χ2v) is 8.29. The van der Waals surface area contributed by atoms with Crippen molar-refractivity contribution in [2.45, 2.75) is 31.8 Å². The molecule has 2 amide bonds. The fourth-order valence-corrected chi connectivity index (χ4v) is 4.75. The molecular weight excluding hydrogens is 434 g/mol. The van der Waals surface area contributed by atoms with E-state index in [1.54, 1.807) is 21.1 Å². The summed E-state index contributed by atoms with van der Waals surface area (Å²) in [6, 6.07) is 14.5. The van der Waals surface area contributed by atoms with Crippen LogP contribution in [0.4, 0.5) is 4.79 Å². The summed E-state index contributed by atoms with van der Waals surface area (Å²) in [5.41, 5.74) is 2.88. The highest BCUT2D eigenvalue weighted by Crippen LogP contribution is 2.39. The van der Waals surface area contributed by atoms with Crippen LogP contribution in [-0.4, -0.2) is 50.8 Å². The molecular formula is C26H31N3O5. The van der Waals surface area contributed by atoms with Gasteiger partial charge in [-0.2, -0.15) is 0 Å². The third-order valence-electron chi connectivity index (χ3n) is 6.31. The lowest BCUT2D eigenvalue weighted by Crippen LogP contribution is -2.48. The zero-order valence-corrected chi connectivity index (χ0v) is 19.8. The summed E-state index contributed by atoms with van der Waals surface area (Å²) in [7, 11) is 3.28. The van der Waals surface area contributed by atoms with Crippen molar-refractivity contribution in [2.75, 3.05) is 33.9 Å². The molecule has 34 heavy (non-hydrogen) atoms. The summed E-state index contributed by atoms with van der Waals surface area (Å²) >= 11 is 0. The van der Waals surface area contributed by atoms with E-state index in [-0.39, 0.29) is 18.7 Å². The first-order valence-electron chi connectivity index (χ1n) is 11.5. The van der Waals surface area contributed by atoms with Crippen molar-refractivity contribution in [3.8, 4) is 11.5 Å². The lowest BCUT2D eigenvalue weighted by atomic mass is 9.94.